The van der Waals surface area contributed by atoms with E-state index in [0.717, 1.165) is 6.92 Å². The van der Waals surface area contributed by atoms with Crippen LogP contribution in [0, 0.1) is 0 Å². The van der Waals surface area contributed by atoms with Gasteiger partial charge in [-0.2, -0.15) is 8.78 Å². The monoisotopic (exact) mass is 472 g/mol. The molecule has 1 aliphatic rings. The molecule has 2 N–H and O–H groups in total. The maximum absolute atomic E-state index is 14.1. The van der Waals surface area contributed by atoms with Crippen LogP contribution in [0.25, 0.3) is 5.69 Å². The van der Waals surface area contributed by atoms with Crippen LogP contribution in [0.15, 0.2) is 41.9 Å². The number of alkyl halides is 2. The molecule has 4 rings (SSSR count). The number of hydrogen-bond donors (Lipinski definition) is 3. The van der Waals surface area contributed by atoms with Crippen LogP contribution < -0.4 is 4.74 Å². The average Bonchev–Trinajstić information content (AvgIpc) is 3.44. The quantitative estimate of drug-likeness (QED) is 0.343. The van der Waals surface area contributed by atoms with Crippen molar-refractivity contribution < 1.29 is 23.7 Å². The predicted octanol–water partition coefficient (Wildman–Crippen LogP) is 3.03. The number of aromatic nitrogens is 5. The second-order valence-corrected chi connectivity index (χ2v) is 9.21. The molecule has 31 heavy (non-hydrogen) atoms. The molecule has 9 nitrogen and oxygen atoms in total. The van der Waals surface area contributed by atoms with E-state index in [4.69, 9.17) is 21.4 Å². The molecule has 3 heterocycles. The van der Waals surface area contributed by atoms with Crippen LogP contribution in [-0.2, 0) is 0 Å². The molecule has 0 fully saturated rings. The number of nitrogens with zero attached hydrogens (tertiary/aromatic N) is 6. The number of imidazole rings is 1. The van der Waals surface area contributed by atoms with Gasteiger partial charge < -0.3 is 14.9 Å². The molecule has 0 aliphatic carbocycles. The summed E-state index contributed by atoms with van der Waals surface area (Å²) >= 11 is 4.28. The van der Waals surface area contributed by atoms with E-state index in [9.17, 15) is 13.9 Å². The van der Waals surface area contributed by atoms with Crippen molar-refractivity contribution in [2.75, 3.05) is 13.2 Å². The molecule has 13 heteroatoms. The van der Waals surface area contributed by atoms with Crippen LogP contribution in [0.5, 0.6) is 5.75 Å². The summed E-state index contributed by atoms with van der Waals surface area (Å²) in [7, 11) is 0. The van der Waals surface area contributed by atoms with Crippen molar-refractivity contribution >= 4 is 33.5 Å². The van der Waals surface area contributed by atoms with Gasteiger partial charge in [-0.1, -0.05) is 27.9 Å². The van der Waals surface area contributed by atoms with Crippen LogP contribution >= 0.6 is 22.7 Å². The molecule has 0 saturated carbocycles. The Balaban J connectivity index is 1.58. The number of ether oxygens (including phenoxy) is 1. The van der Waals surface area contributed by atoms with E-state index in [2.05, 4.69) is 20.3 Å². The van der Waals surface area contributed by atoms with Crippen molar-refractivity contribution in [3.8, 4) is 11.4 Å². The number of aliphatic hydroxyl groups excluding tert-OH is 2. The molecule has 2 atom stereocenters. The van der Waals surface area contributed by atoms with Gasteiger partial charge in [0.15, 0.2) is 5.82 Å². The Morgan fingerprint density at radius 2 is 2.16 bits per heavy atom. The number of benzene rings is 1. The lowest BCUT2D eigenvalue weighted by Gasteiger charge is -2.26. The Bertz CT molecular complexity index is 1120. The third-order valence-corrected chi connectivity index (χ3v) is 7.13. The Hall–Kier alpha value is -2.54. The van der Waals surface area contributed by atoms with Gasteiger partial charge in [0.2, 0.25) is 0 Å². The fourth-order valence-electron chi connectivity index (χ4n) is 2.96. The average molecular weight is 473 g/mol. The second kappa shape index (κ2) is 8.54. The normalized spacial score (nSPS) is 18.0. The Kier molecular flexibility index (Phi) is 5.97. The van der Waals surface area contributed by atoms with E-state index < -0.39 is 27.5 Å². The van der Waals surface area contributed by atoms with Crippen LogP contribution in [0.3, 0.4) is 0 Å². The summed E-state index contributed by atoms with van der Waals surface area (Å²) in [6.45, 7) is 1.08. The minimum absolute atomic E-state index is 0.0132. The summed E-state index contributed by atoms with van der Waals surface area (Å²) in [5.74, 6) is -2.49. The zero-order chi connectivity index (χ0) is 22.2. The summed E-state index contributed by atoms with van der Waals surface area (Å²) in [5.41, 5.74) is -0.702. The molecular formula is C18H19ClF2N6O3S. The summed E-state index contributed by atoms with van der Waals surface area (Å²) in [4.78, 5) is 7.88. The maximum Gasteiger partial charge on any atom is 0.292 e. The number of fused-ring (bicyclic) bond motifs is 1. The molecule has 2 unspecified atom stereocenters. The molecular weight excluding hydrogens is 454 g/mol. The number of rotatable bonds is 8. The lowest BCUT2D eigenvalue weighted by molar-refractivity contribution is 0.104. The molecule has 1 aliphatic heterocycles. The topological polar surface area (TPSA) is 111 Å². The summed E-state index contributed by atoms with van der Waals surface area (Å²) in [6.07, 6.45) is 4.66. The molecule has 0 radical (unpaired) electrons. The van der Waals surface area contributed by atoms with E-state index in [1.807, 2.05) is 0 Å². The van der Waals surface area contributed by atoms with Gasteiger partial charge in [-0.3, -0.25) is 3.97 Å². The first-order chi connectivity index (χ1) is 14.8. The van der Waals surface area contributed by atoms with Gasteiger partial charge in [0, 0.05) is 20.0 Å². The fourth-order valence-corrected chi connectivity index (χ4v) is 5.33. The maximum atomic E-state index is 14.1. The summed E-state index contributed by atoms with van der Waals surface area (Å²) in [5, 5.41) is 27.6. The van der Waals surface area contributed by atoms with E-state index >= 15 is 0 Å². The smallest absolute Gasteiger partial charge is 0.292 e. The number of hydrogen-bond acceptors (Lipinski definition) is 7. The van der Waals surface area contributed by atoms with Gasteiger partial charge in [-0.15, -0.1) is 5.10 Å². The molecule has 0 spiro atoms. The third kappa shape index (κ3) is 4.28. The first-order valence-corrected chi connectivity index (χ1v) is 11.0. The standard InChI is InChI=1S/C18H19ClF2N6O3S/c1-18(20,21)17-23-15-8-22-10-27(15)31(17)16(29)13-9-26(25-24-13)11-3-4-14(12(19)7-11)30-6-2-5-28/h3-4,7-10,16,28-29,31H,2,5-6H2,1H3. The largest absolute Gasteiger partial charge is 0.492 e. The summed E-state index contributed by atoms with van der Waals surface area (Å²) in [6, 6.07) is 4.93. The molecule has 166 valence electrons. The highest BCUT2D eigenvalue weighted by Gasteiger charge is 2.43. The second-order valence-electron chi connectivity index (χ2n) is 6.77. The predicted molar refractivity (Wildman–Crippen MR) is 113 cm³/mol. The number of aliphatic imine (C=N–C) groups is 1. The SMILES string of the molecule is CC(F)(F)C1=Nc2cncn2[SH]1C(O)c1cn(-c2ccc(OCCCO)c(Cl)c2)nn1. The van der Waals surface area contributed by atoms with E-state index in [1.54, 1.807) is 18.2 Å². The van der Waals surface area contributed by atoms with E-state index in [1.165, 1.54) is 27.4 Å². The number of thiol groups is 1. The number of halogens is 3. The highest BCUT2D eigenvalue weighted by atomic mass is 35.5. The molecule has 0 saturated heterocycles. The molecule has 1 aromatic carbocycles. The van der Waals surface area contributed by atoms with E-state index in [-0.39, 0.29) is 18.1 Å². The van der Waals surface area contributed by atoms with Crippen molar-refractivity contribution in [3.05, 3.63) is 47.6 Å². The van der Waals surface area contributed by atoms with Gasteiger partial charge in [-0.05, 0) is 18.2 Å². The van der Waals surface area contributed by atoms with Gasteiger partial charge >= 0.3 is 0 Å². The first kappa shape index (κ1) is 21.7. The zero-order valence-corrected chi connectivity index (χ0v) is 17.9. The van der Waals surface area contributed by atoms with Crippen molar-refractivity contribution in [2.45, 2.75) is 24.7 Å². The molecule has 3 aromatic rings. The highest BCUT2D eigenvalue weighted by Crippen LogP contribution is 2.53. The lowest BCUT2D eigenvalue weighted by atomic mass is 10.3. The van der Waals surface area contributed by atoms with Gasteiger partial charge in [0.1, 0.15) is 28.3 Å². The molecule has 0 bridgehead atoms. The summed E-state index contributed by atoms with van der Waals surface area (Å²) < 4.78 is 36.5. The van der Waals surface area contributed by atoms with Gasteiger partial charge in [0.05, 0.1) is 29.7 Å². The molecule has 0 amide bonds. The van der Waals surface area contributed by atoms with Crippen molar-refractivity contribution in [2.24, 2.45) is 4.99 Å². The lowest BCUT2D eigenvalue weighted by Crippen LogP contribution is -2.26. The fraction of sp³-hybridized carbons (Fsp3) is 0.333. The van der Waals surface area contributed by atoms with Crippen LogP contribution in [0.2, 0.25) is 5.02 Å². The van der Waals surface area contributed by atoms with Crippen molar-refractivity contribution in [1.29, 1.82) is 0 Å². The third-order valence-electron chi connectivity index (χ3n) is 4.41. The van der Waals surface area contributed by atoms with Gasteiger partial charge in [0.25, 0.3) is 5.92 Å². The van der Waals surface area contributed by atoms with Crippen molar-refractivity contribution in [3.63, 3.8) is 0 Å². The highest BCUT2D eigenvalue weighted by molar-refractivity contribution is 8.29. The zero-order valence-electron chi connectivity index (χ0n) is 16.2. The van der Waals surface area contributed by atoms with Crippen LogP contribution in [-0.4, -0.2) is 58.3 Å². The van der Waals surface area contributed by atoms with Gasteiger partial charge in [-0.25, -0.2) is 14.7 Å². The Morgan fingerprint density at radius 3 is 2.87 bits per heavy atom. The Morgan fingerprint density at radius 1 is 1.35 bits per heavy atom. The van der Waals surface area contributed by atoms with Crippen molar-refractivity contribution in [1.82, 2.24) is 24.0 Å². The minimum atomic E-state index is -3.21. The van der Waals surface area contributed by atoms with Crippen LogP contribution in [0.1, 0.15) is 24.5 Å². The minimum Gasteiger partial charge on any atom is -0.492 e. The molecule has 2 aromatic heterocycles. The Labute approximate surface area is 183 Å². The first-order valence-electron chi connectivity index (χ1n) is 9.22. The van der Waals surface area contributed by atoms with E-state index in [0.29, 0.717) is 29.5 Å². The number of aliphatic hydroxyl groups is 2. The van der Waals surface area contributed by atoms with Crippen LogP contribution in [0.4, 0.5) is 14.6 Å².